The van der Waals surface area contributed by atoms with Crippen LogP contribution in [0.5, 0.6) is 0 Å². The van der Waals surface area contributed by atoms with Gasteiger partial charge in [0, 0.05) is 32.3 Å². The number of aromatic nitrogens is 1. The van der Waals surface area contributed by atoms with Gasteiger partial charge < -0.3 is 10.2 Å². The smallest absolute Gasteiger partial charge is 0.220 e. The molecule has 1 N–H and O–H groups in total. The van der Waals surface area contributed by atoms with Crippen molar-refractivity contribution in [2.24, 2.45) is 0 Å². The summed E-state index contributed by atoms with van der Waals surface area (Å²) in [6.07, 6.45) is 5.11. The number of carbonyl (C=O) groups excluding carboxylic acids is 1. The molecule has 0 bridgehead atoms. The minimum Gasteiger partial charge on any atom is -0.357 e. The van der Waals surface area contributed by atoms with Crippen LogP contribution in [0.3, 0.4) is 0 Å². The van der Waals surface area contributed by atoms with E-state index in [1.807, 2.05) is 18.2 Å². The molecule has 0 saturated carbocycles. The molecule has 126 valence electrons. The third-order valence-corrected chi connectivity index (χ3v) is 4.26. The van der Waals surface area contributed by atoms with Crippen LogP contribution in [-0.4, -0.2) is 24.0 Å². The second kappa shape index (κ2) is 7.90. The van der Waals surface area contributed by atoms with E-state index >= 15 is 0 Å². The standard InChI is InChI=1S/C19H22FN3O/c20-17-5-3-4-15(12-17)6-7-19(24)22-14-16-8-9-21-18(13-16)23-10-1-2-11-23/h3-5,8-9,12-13H,1-2,6-7,10-11,14H2,(H,22,24). The van der Waals surface area contributed by atoms with Crippen LogP contribution in [-0.2, 0) is 17.8 Å². The predicted octanol–water partition coefficient (Wildman–Crippen LogP) is 3.07. The molecule has 1 saturated heterocycles. The van der Waals surface area contributed by atoms with Gasteiger partial charge in [0.1, 0.15) is 11.6 Å². The number of hydrogen-bond acceptors (Lipinski definition) is 3. The Balaban J connectivity index is 1.48. The highest BCUT2D eigenvalue weighted by Crippen LogP contribution is 2.18. The molecular formula is C19H22FN3O. The van der Waals surface area contributed by atoms with Crippen LogP contribution in [0.15, 0.2) is 42.6 Å². The molecule has 2 aromatic rings. The normalized spacial score (nSPS) is 14.0. The lowest BCUT2D eigenvalue weighted by Gasteiger charge is -2.17. The lowest BCUT2D eigenvalue weighted by Crippen LogP contribution is -2.24. The number of aryl methyl sites for hydroxylation is 1. The number of anilines is 1. The summed E-state index contributed by atoms with van der Waals surface area (Å²) in [6.45, 7) is 2.60. The van der Waals surface area contributed by atoms with Gasteiger partial charge in [-0.2, -0.15) is 0 Å². The van der Waals surface area contributed by atoms with Gasteiger partial charge in [-0.15, -0.1) is 0 Å². The highest BCUT2D eigenvalue weighted by molar-refractivity contribution is 5.76. The summed E-state index contributed by atoms with van der Waals surface area (Å²) in [7, 11) is 0. The van der Waals surface area contributed by atoms with Gasteiger partial charge in [0.25, 0.3) is 0 Å². The fourth-order valence-corrected chi connectivity index (χ4v) is 2.93. The Bertz CT molecular complexity index is 699. The number of rotatable bonds is 6. The number of amides is 1. The summed E-state index contributed by atoms with van der Waals surface area (Å²) < 4.78 is 13.1. The van der Waals surface area contributed by atoms with Gasteiger partial charge in [-0.1, -0.05) is 12.1 Å². The summed E-state index contributed by atoms with van der Waals surface area (Å²) in [6, 6.07) is 10.3. The van der Waals surface area contributed by atoms with Gasteiger partial charge in [0.05, 0.1) is 0 Å². The minimum absolute atomic E-state index is 0.0289. The molecule has 1 aromatic heterocycles. The van der Waals surface area contributed by atoms with Crippen LogP contribution in [0, 0.1) is 5.82 Å². The zero-order chi connectivity index (χ0) is 16.8. The van der Waals surface area contributed by atoms with Gasteiger partial charge in [0.2, 0.25) is 5.91 Å². The van der Waals surface area contributed by atoms with E-state index in [0.29, 0.717) is 19.4 Å². The molecule has 2 heterocycles. The second-order valence-corrected chi connectivity index (χ2v) is 6.12. The van der Waals surface area contributed by atoms with Crippen LogP contribution in [0.4, 0.5) is 10.2 Å². The third-order valence-electron chi connectivity index (χ3n) is 4.26. The van der Waals surface area contributed by atoms with E-state index in [1.165, 1.54) is 25.0 Å². The molecular weight excluding hydrogens is 305 g/mol. The van der Waals surface area contributed by atoms with Gasteiger partial charge >= 0.3 is 0 Å². The van der Waals surface area contributed by atoms with Crippen molar-refractivity contribution in [2.45, 2.75) is 32.2 Å². The van der Waals surface area contributed by atoms with Gasteiger partial charge in [-0.05, 0) is 54.7 Å². The van der Waals surface area contributed by atoms with Crippen LogP contribution < -0.4 is 10.2 Å². The van der Waals surface area contributed by atoms with E-state index in [1.54, 1.807) is 12.3 Å². The van der Waals surface area contributed by atoms with E-state index < -0.39 is 0 Å². The number of nitrogens with zero attached hydrogens (tertiary/aromatic N) is 2. The molecule has 4 nitrogen and oxygen atoms in total. The Morgan fingerprint density at radius 1 is 1.17 bits per heavy atom. The molecule has 1 aromatic carbocycles. The molecule has 1 aliphatic heterocycles. The zero-order valence-electron chi connectivity index (χ0n) is 13.7. The number of benzene rings is 1. The van der Waals surface area contributed by atoms with Crippen molar-refractivity contribution in [3.63, 3.8) is 0 Å². The third kappa shape index (κ3) is 4.54. The Morgan fingerprint density at radius 3 is 2.79 bits per heavy atom. The molecule has 5 heteroatoms. The van der Waals surface area contributed by atoms with Crippen molar-refractivity contribution in [3.05, 3.63) is 59.5 Å². The molecule has 0 radical (unpaired) electrons. The van der Waals surface area contributed by atoms with Crippen molar-refractivity contribution < 1.29 is 9.18 Å². The highest BCUT2D eigenvalue weighted by Gasteiger charge is 2.13. The molecule has 3 rings (SSSR count). The monoisotopic (exact) mass is 327 g/mol. The molecule has 0 unspecified atom stereocenters. The van der Waals surface area contributed by atoms with E-state index in [-0.39, 0.29) is 11.7 Å². The number of halogens is 1. The minimum atomic E-state index is -0.265. The molecule has 24 heavy (non-hydrogen) atoms. The van der Waals surface area contributed by atoms with Crippen LogP contribution in [0.1, 0.15) is 30.4 Å². The summed E-state index contributed by atoms with van der Waals surface area (Å²) in [5.41, 5.74) is 1.89. The fraction of sp³-hybridized carbons (Fsp3) is 0.368. The molecule has 0 atom stereocenters. The van der Waals surface area contributed by atoms with E-state index in [2.05, 4.69) is 15.2 Å². The number of pyridine rings is 1. The Morgan fingerprint density at radius 2 is 2.00 bits per heavy atom. The zero-order valence-corrected chi connectivity index (χ0v) is 13.7. The SMILES string of the molecule is O=C(CCc1cccc(F)c1)NCc1ccnc(N2CCCC2)c1. The Hall–Kier alpha value is -2.43. The largest absolute Gasteiger partial charge is 0.357 e. The lowest BCUT2D eigenvalue weighted by molar-refractivity contribution is -0.121. The van der Waals surface area contributed by atoms with E-state index in [9.17, 15) is 9.18 Å². The number of nitrogens with one attached hydrogen (secondary N) is 1. The second-order valence-electron chi connectivity index (χ2n) is 6.12. The van der Waals surface area contributed by atoms with Gasteiger partial charge in [0.15, 0.2) is 0 Å². The maximum atomic E-state index is 13.1. The Kier molecular flexibility index (Phi) is 5.41. The van der Waals surface area contributed by atoms with Crippen molar-refractivity contribution in [1.29, 1.82) is 0 Å². The molecule has 1 aliphatic rings. The van der Waals surface area contributed by atoms with E-state index in [0.717, 1.165) is 30.0 Å². The molecule has 1 amide bonds. The lowest BCUT2D eigenvalue weighted by atomic mass is 10.1. The van der Waals surface area contributed by atoms with Gasteiger partial charge in [-0.3, -0.25) is 4.79 Å². The molecule has 0 aliphatic carbocycles. The van der Waals surface area contributed by atoms with Crippen LogP contribution in [0.2, 0.25) is 0 Å². The van der Waals surface area contributed by atoms with Crippen LogP contribution >= 0.6 is 0 Å². The van der Waals surface area contributed by atoms with E-state index in [4.69, 9.17) is 0 Å². The quantitative estimate of drug-likeness (QED) is 0.887. The number of hydrogen-bond donors (Lipinski definition) is 1. The summed E-state index contributed by atoms with van der Waals surface area (Å²) >= 11 is 0. The maximum Gasteiger partial charge on any atom is 0.220 e. The predicted molar refractivity (Wildman–Crippen MR) is 92.3 cm³/mol. The molecule has 0 spiro atoms. The first-order chi connectivity index (χ1) is 11.7. The number of carbonyl (C=O) groups is 1. The first-order valence-corrected chi connectivity index (χ1v) is 8.42. The van der Waals surface area contributed by atoms with Crippen molar-refractivity contribution in [1.82, 2.24) is 10.3 Å². The average Bonchev–Trinajstić information content (AvgIpc) is 3.13. The van der Waals surface area contributed by atoms with Crippen molar-refractivity contribution in [3.8, 4) is 0 Å². The molecule has 1 fully saturated rings. The average molecular weight is 327 g/mol. The van der Waals surface area contributed by atoms with Crippen molar-refractivity contribution >= 4 is 11.7 Å². The summed E-state index contributed by atoms with van der Waals surface area (Å²) in [4.78, 5) is 18.7. The van der Waals surface area contributed by atoms with Crippen molar-refractivity contribution in [2.75, 3.05) is 18.0 Å². The fourth-order valence-electron chi connectivity index (χ4n) is 2.93. The maximum absolute atomic E-state index is 13.1. The first-order valence-electron chi connectivity index (χ1n) is 8.42. The first kappa shape index (κ1) is 16.4. The van der Waals surface area contributed by atoms with Gasteiger partial charge in [-0.25, -0.2) is 9.37 Å². The summed E-state index contributed by atoms with van der Waals surface area (Å²) in [5, 5.41) is 2.92. The highest BCUT2D eigenvalue weighted by atomic mass is 19.1. The summed E-state index contributed by atoms with van der Waals surface area (Å²) in [5.74, 6) is 0.692. The van der Waals surface area contributed by atoms with Crippen LogP contribution in [0.25, 0.3) is 0 Å². The Labute approximate surface area is 141 Å². The topological polar surface area (TPSA) is 45.2 Å².